The SMILES string of the molecule is Cc1nc2c(F)c(-c3cccc(Cl)c3Cl)c(CCC#N)cc2c2c1cc([C@@H](C)N1CCCN(c3cc[nH]c(=O)c3)C1=O)n2[C@H]1[C@H]2CN[C@@H]1C2. The average molecular weight is 699 g/mol. The number of carbonyl (C=O) groups excluding carboxylic acids is 1. The Bertz CT molecular complexity index is 2260. The van der Waals surface area contributed by atoms with Crippen molar-refractivity contribution in [2.75, 3.05) is 24.5 Å². The molecule has 49 heavy (non-hydrogen) atoms. The summed E-state index contributed by atoms with van der Waals surface area (Å²) < 4.78 is 19.4. The van der Waals surface area contributed by atoms with Crippen molar-refractivity contribution in [3.8, 4) is 17.2 Å². The Balaban J connectivity index is 1.34. The highest BCUT2D eigenvalue weighted by molar-refractivity contribution is 6.43. The number of anilines is 1. The standard InChI is InChI=1S/C37H34Cl2FN7O2/c1-19-25-17-29(20(2)45-12-5-13-46(37(45)49)23-9-11-42-30(48)16-23)47(35-22-15-28(35)43-18-22)36(25)26-14-21(6-4-10-41)31(33(40)34(26)44-19)24-7-3-8-27(38)32(24)39/h3,7-9,11,14,16-17,20,22,28,35,43H,4-6,12-13,15,18H2,1-2H3,(H,42,48)/t20-,22-,28-,35+/m1/s1. The highest BCUT2D eigenvalue weighted by atomic mass is 35.5. The van der Waals surface area contributed by atoms with Gasteiger partial charge in [0, 0.05) is 77.6 Å². The molecule has 1 aliphatic carbocycles. The maximum atomic E-state index is 17.0. The van der Waals surface area contributed by atoms with Crippen LogP contribution >= 0.6 is 23.2 Å². The third kappa shape index (κ3) is 5.01. The van der Waals surface area contributed by atoms with Crippen LogP contribution < -0.4 is 15.8 Å². The van der Waals surface area contributed by atoms with Crippen LogP contribution in [0.2, 0.25) is 10.0 Å². The number of benzene rings is 2. The van der Waals surface area contributed by atoms with E-state index in [0.717, 1.165) is 36.0 Å². The number of nitrogens with one attached hydrogen (secondary N) is 2. The summed E-state index contributed by atoms with van der Waals surface area (Å²) in [6.45, 7) is 5.91. The number of pyridine rings is 2. The zero-order valence-electron chi connectivity index (χ0n) is 27.1. The maximum Gasteiger partial charge on any atom is 0.325 e. The van der Waals surface area contributed by atoms with Crippen LogP contribution in [-0.4, -0.2) is 51.1 Å². The minimum absolute atomic E-state index is 0.122. The highest BCUT2D eigenvalue weighted by Crippen LogP contribution is 2.50. The smallest absolute Gasteiger partial charge is 0.325 e. The van der Waals surface area contributed by atoms with Gasteiger partial charge in [0.1, 0.15) is 5.52 Å². The lowest BCUT2D eigenvalue weighted by molar-refractivity contribution is 0.165. The normalized spacial score (nSPS) is 21.0. The van der Waals surface area contributed by atoms with Gasteiger partial charge in [0.2, 0.25) is 5.56 Å². The molecule has 0 spiro atoms. The fraction of sp³-hybridized carbons (Fsp3) is 0.351. The molecule has 0 unspecified atom stereocenters. The van der Waals surface area contributed by atoms with E-state index in [1.807, 2.05) is 24.8 Å². The molecule has 4 fully saturated rings. The molecule has 4 aliphatic rings. The van der Waals surface area contributed by atoms with Crippen LogP contribution in [0.15, 0.2) is 53.5 Å². The number of hydrogen-bond donors (Lipinski definition) is 2. The molecule has 2 N–H and O–H groups in total. The lowest BCUT2D eigenvalue weighted by atomic mass is 9.79. The molecule has 3 saturated heterocycles. The van der Waals surface area contributed by atoms with Gasteiger partial charge in [0.15, 0.2) is 5.82 Å². The van der Waals surface area contributed by atoms with Crippen molar-refractivity contribution in [3.63, 3.8) is 0 Å². The van der Waals surface area contributed by atoms with E-state index in [0.29, 0.717) is 63.9 Å². The van der Waals surface area contributed by atoms with E-state index in [1.165, 1.54) is 6.07 Å². The van der Waals surface area contributed by atoms with E-state index in [9.17, 15) is 14.9 Å². The number of aromatic amines is 1. The predicted molar refractivity (Wildman–Crippen MR) is 190 cm³/mol. The largest absolute Gasteiger partial charge is 0.337 e. The summed E-state index contributed by atoms with van der Waals surface area (Å²) in [6, 6.07) is 14.5. The van der Waals surface area contributed by atoms with Crippen molar-refractivity contribution in [3.05, 3.63) is 91.8 Å². The number of nitriles is 1. The summed E-state index contributed by atoms with van der Waals surface area (Å²) in [7, 11) is 0. The summed E-state index contributed by atoms with van der Waals surface area (Å²) >= 11 is 13.0. The number of aryl methyl sites for hydroxylation is 2. The van der Waals surface area contributed by atoms with Crippen LogP contribution in [-0.2, 0) is 6.42 Å². The van der Waals surface area contributed by atoms with Gasteiger partial charge in [-0.2, -0.15) is 5.26 Å². The number of nitrogens with zero attached hydrogens (tertiary/aromatic N) is 5. The fourth-order valence-corrected chi connectivity index (χ4v) is 8.66. The molecular weight excluding hydrogens is 664 g/mol. The van der Waals surface area contributed by atoms with Gasteiger partial charge in [-0.25, -0.2) is 14.2 Å². The molecule has 0 radical (unpaired) electrons. The van der Waals surface area contributed by atoms with Gasteiger partial charge in [0.05, 0.1) is 39.4 Å². The molecule has 5 aromatic rings. The van der Waals surface area contributed by atoms with Crippen LogP contribution in [0, 0.1) is 30.0 Å². The van der Waals surface area contributed by atoms with Gasteiger partial charge in [-0.15, -0.1) is 0 Å². The highest BCUT2D eigenvalue weighted by Gasteiger charge is 2.49. The second kappa shape index (κ2) is 12.2. The summed E-state index contributed by atoms with van der Waals surface area (Å²) in [4.78, 5) is 37.2. The molecule has 12 heteroatoms. The van der Waals surface area contributed by atoms with Gasteiger partial charge in [-0.05, 0) is 68.9 Å². The molecule has 2 bridgehead atoms. The van der Waals surface area contributed by atoms with E-state index in [-0.39, 0.29) is 46.7 Å². The predicted octanol–water partition coefficient (Wildman–Crippen LogP) is 7.68. The zero-order valence-corrected chi connectivity index (χ0v) is 28.6. The van der Waals surface area contributed by atoms with Gasteiger partial charge >= 0.3 is 6.03 Å². The van der Waals surface area contributed by atoms with E-state index >= 15 is 4.39 Å². The minimum Gasteiger partial charge on any atom is -0.337 e. The molecule has 6 heterocycles. The van der Waals surface area contributed by atoms with Crippen LogP contribution in [0.1, 0.15) is 55.2 Å². The van der Waals surface area contributed by atoms with Gasteiger partial charge < -0.3 is 19.8 Å². The first-order valence-electron chi connectivity index (χ1n) is 16.7. The van der Waals surface area contributed by atoms with Crippen molar-refractivity contribution < 1.29 is 9.18 Å². The Morgan fingerprint density at radius 3 is 2.71 bits per heavy atom. The molecule has 2 aromatic carbocycles. The maximum absolute atomic E-state index is 17.0. The molecule has 4 atom stereocenters. The second-order valence-electron chi connectivity index (χ2n) is 13.3. The van der Waals surface area contributed by atoms with Crippen molar-refractivity contribution in [1.29, 1.82) is 5.26 Å². The number of H-pyrrole nitrogens is 1. The van der Waals surface area contributed by atoms with E-state index in [1.54, 1.807) is 35.4 Å². The molecule has 9 rings (SSSR count). The molecule has 9 nitrogen and oxygen atoms in total. The van der Waals surface area contributed by atoms with Crippen molar-refractivity contribution >= 4 is 56.7 Å². The summed E-state index contributed by atoms with van der Waals surface area (Å²) in [5, 5.41) is 15.3. The Morgan fingerprint density at radius 2 is 1.98 bits per heavy atom. The van der Waals surface area contributed by atoms with Crippen molar-refractivity contribution in [2.24, 2.45) is 5.92 Å². The number of halogens is 3. The van der Waals surface area contributed by atoms with E-state index in [4.69, 9.17) is 28.2 Å². The number of rotatable bonds is 7. The molecule has 3 aliphatic heterocycles. The summed E-state index contributed by atoms with van der Waals surface area (Å²) in [6.07, 6.45) is 3.86. The van der Waals surface area contributed by atoms with Gasteiger partial charge in [-0.1, -0.05) is 35.3 Å². The van der Waals surface area contributed by atoms with E-state index in [2.05, 4.69) is 27.0 Å². The monoisotopic (exact) mass is 697 g/mol. The van der Waals surface area contributed by atoms with Crippen LogP contribution in [0.5, 0.6) is 0 Å². The topological polar surface area (TPSA) is 110 Å². The number of carbonyl (C=O) groups is 1. The zero-order chi connectivity index (χ0) is 34.1. The van der Waals surface area contributed by atoms with Crippen molar-refractivity contribution in [2.45, 2.75) is 57.7 Å². The Morgan fingerprint density at radius 1 is 1.14 bits per heavy atom. The Labute approximate surface area is 292 Å². The minimum atomic E-state index is -0.503. The fourth-order valence-electron chi connectivity index (χ4n) is 8.27. The van der Waals surface area contributed by atoms with Crippen molar-refractivity contribution in [1.82, 2.24) is 24.8 Å². The van der Waals surface area contributed by atoms with Crippen LogP contribution in [0.4, 0.5) is 14.9 Å². The summed E-state index contributed by atoms with van der Waals surface area (Å²) in [5.41, 5.74) is 4.45. The molecule has 2 amide bonds. The van der Waals surface area contributed by atoms with Gasteiger partial charge in [-0.3, -0.25) is 9.69 Å². The van der Waals surface area contributed by atoms with E-state index < -0.39 is 5.82 Å². The molecule has 250 valence electrons. The van der Waals surface area contributed by atoms with Crippen LogP contribution in [0.3, 0.4) is 0 Å². The first-order chi connectivity index (χ1) is 23.7. The number of hydrogen-bond acceptors (Lipinski definition) is 5. The number of amides is 2. The number of fused-ring (bicyclic) bond motifs is 4. The lowest BCUT2D eigenvalue weighted by Crippen LogP contribution is -2.51. The van der Waals surface area contributed by atoms with Gasteiger partial charge in [0.25, 0.3) is 0 Å². The number of urea groups is 1. The molecule has 3 aromatic heterocycles. The Hall–Kier alpha value is -4.43. The second-order valence-corrected chi connectivity index (χ2v) is 14.1. The first kappa shape index (κ1) is 31.8. The third-order valence-electron chi connectivity index (χ3n) is 10.7. The van der Waals surface area contributed by atoms with Crippen LogP contribution in [0.25, 0.3) is 32.9 Å². The third-order valence-corrected chi connectivity index (χ3v) is 11.5. The quantitative estimate of drug-likeness (QED) is 0.181. The summed E-state index contributed by atoms with van der Waals surface area (Å²) in [5.74, 6) is -0.108. The lowest BCUT2D eigenvalue weighted by Gasteiger charge is -2.42. The average Bonchev–Trinajstić information content (AvgIpc) is 3.83. The Kier molecular flexibility index (Phi) is 7.90. The number of aromatic nitrogens is 3. The molecular formula is C37H34Cl2FN7O2. The first-order valence-corrected chi connectivity index (χ1v) is 17.4. The molecule has 1 saturated carbocycles.